The molecule has 0 spiro atoms. The lowest BCUT2D eigenvalue weighted by molar-refractivity contribution is 0.00303. The van der Waals surface area contributed by atoms with Crippen molar-refractivity contribution < 1.29 is 0 Å². The number of nitrogens with one attached hydrogen (secondary N) is 4. The topological polar surface area (TPSA) is 54.6 Å². The van der Waals surface area contributed by atoms with E-state index in [-0.39, 0.29) is 0 Å². The molecule has 0 aromatic carbocycles. The van der Waals surface area contributed by atoms with E-state index in [0.717, 1.165) is 97.2 Å². The van der Waals surface area contributed by atoms with Gasteiger partial charge in [0.2, 0.25) is 0 Å². The molecule has 9 rings (SSSR count). The minimum absolute atomic E-state index is 0.782. The number of likely N-dealkylation sites (tertiary alicyclic amines) is 2. The molecule has 14 unspecified atom stereocenters. The van der Waals surface area contributed by atoms with Crippen molar-refractivity contribution in [2.45, 2.75) is 151 Å². The molecule has 6 nitrogen and oxygen atoms in total. The van der Waals surface area contributed by atoms with Gasteiger partial charge in [-0.1, -0.05) is 25.7 Å². The third kappa shape index (κ3) is 4.16. The molecule has 9 fully saturated rings. The van der Waals surface area contributed by atoms with Crippen molar-refractivity contribution in [2.75, 3.05) is 26.4 Å². The van der Waals surface area contributed by atoms with Gasteiger partial charge in [0.05, 0.1) is 0 Å². The van der Waals surface area contributed by atoms with Crippen LogP contribution in [-0.4, -0.2) is 84.6 Å². The molecule has 40 heavy (non-hydrogen) atoms. The van der Waals surface area contributed by atoms with E-state index in [1.165, 1.54) is 103 Å². The maximum Gasteiger partial charge on any atom is 0.0456 e. The highest BCUT2D eigenvalue weighted by atomic mass is 15.3. The van der Waals surface area contributed by atoms with Gasteiger partial charge in [-0.05, 0) is 113 Å². The molecule has 224 valence electrons. The summed E-state index contributed by atoms with van der Waals surface area (Å²) in [6.07, 6.45) is 23.8. The van der Waals surface area contributed by atoms with E-state index in [4.69, 9.17) is 0 Å². The number of fused-ring (bicyclic) bond motifs is 9. The SMILES string of the molecule is C1CCC2C(C1)C1C3C4CCCCC4N(C4CCC5NCNCC5C4)C3CCC1N2C1CCC2NCNCC2C1. The van der Waals surface area contributed by atoms with Crippen LogP contribution in [0.3, 0.4) is 0 Å². The van der Waals surface area contributed by atoms with Crippen LogP contribution >= 0.6 is 0 Å². The van der Waals surface area contributed by atoms with Crippen LogP contribution in [0.5, 0.6) is 0 Å². The molecule has 9 aliphatic rings. The molecule has 5 aliphatic carbocycles. The van der Waals surface area contributed by atoms with Crippen LogP contribution in [0.1, 0.15) is 103 Å². The standard InChI is InChI=1S/C34H58N6/c1-3-7-29-25(5-1)33-31(39(29)23-9-11-27-21(15-23)17-35-19-37-27)13-14-32-34(33)26-6-2-4-8-30(26)40(32)24-10-12-28-22(16-24)18-36-20-38-28/h21-38H,1-20H2. The van der Waals surface area contributed by atoms with Crippen LogP contribution in [0.15, 0.2) is 0 Å². The van der Waals surface area contributed by atoms with Gasteiger partial charge in [-0.25, -0.2) is 0 Å². The van der Waals surface area contributed by atoms with E-state index in [1.807, 2.05) is 0 Å². The molecule has 0 aromatic rings. The van der Waals surface area contributed by atoms with Crippen molar-refractivity contribution >= 4 is 0 Å². The van der Waals surface area contributed by atoms with Crippen LogP contribution in [0, 0.1) is 35.5 Å². The Morgan fingerprint density at radius 3 is 1.43 bits per heavy atom. The van der Waals surface area contributed by atoms with Gasteiger partial charge in [0.25, 0.3) is 0 Å². The highest BCUT2D eigenvalue weighted by Gasteiger charge is 2.63. The van der Waals surface area contributed by atoms with E-state index < -0.39 is 0 Å². The summed E-state index contributed by atoms with van der Waals surface area (Å²) in [5, 5.41) is 15.0. The second kappa shape index (κ2) is 10.7. The number of hydrogen-bond acceptors (Lipinski definition) is 6. The van der Waals surface area contributed by atoms with Crippen LogP contribution in [0.2, 0.25) is 0 Å². The summed E-state index contributed by atoms with van der Waals surface area (Å²) in [7, 11) is 0. The van der Waals surface area contributed by atoms with Crippen molar-refractivity contribution in [3.05, 3.63) is 0 Å². The summed E-state index contributed by atoms with van der Waals surface area (Å²) in [5.41, 5.74) is 0. The van der Waals surface area contributed by atoms with Gasteiger partial charge in [-0.2, -0.15) is 0 Å². The van der Waals surface area contributed by atoms with Gasteiger partial charge in [0.1, 0.15) is 0 Å². The fourth-order valence-electron chi connectivity index (χ4n) is 13.5. The maximum atomic E-state index is 3.82. The number of rotatable bonds is 2. The molecule has 4 N–H and O–H groups in total. The van der Waals surface area contributed by atoms with Gasteiger partial charge in [0.15, 0.2) is 0 Å². The zero-order valence-corrected chi connectivity index (χ0v) is 25.1. The van der Waals surface area contributed by atoms with Gasteiger partial charge in [0, 0.05) is 74.8 Å². The van der Waals surface area contributed by atoms with E-state index in [1.54, 1.807) is 12.8 Å². The van der Waals surface area contributed by atoms with E-state index >= 15 is 0 Å². The molecule has 4 saturated heterocycles. The van der Waals surface area contributed by atoms with Crippen molar-refractivity contribution in [3.8, 4) is 0 Å². The van der Waals surface area contributed by atoms with Gasteiger partial charge >= 0.3 is 0 Å². The normalized spacial score (nSPS) is 54.9. The summed E-state index contributed by atoms with van der Waals surface area (Å²) < 4.78 is 0. The van der Waals surface area contributed by atoms with Crippen LogP contribution in [0.25, 0.3) is 0 Å². The first-order valence-electron chi connectivity index (χ1n) is 18.3. The summed E-state index contributed by atoms with van der Waals surface area (Å²) in [6.45, 7) is 4.56. The Hall–Kier alpha value is -0.240. The molecule has 14 atom stereocenters. The monoisotopic (exact) mass is 550 g/mol. The predicted octanol–water partition coefficient (Wildman–Crippen LogP) is 3.87. The molecule has 5 saturated carbocycles. The summed E-state index contributed by atoms with van der Waals surface area (Å²) >= 11 is 0. The largest absolute Gasteiger partial charge is 0.304 e. The molecule has 0 amide bonds. The van der Waals surface area contributed by atoms with E-state index in [0.29, 0.717) is 0 Å². The second-order valence-corrected chi connectivity index (χ2v) is 16.1. The van der Waals surface area contributed by atoms with E-state index in [2.05, 4.69) is 31.1 Å². The lowest BCUT2D eigenvalue weighted by Crippen LogP contribution is -2.59. The quantitative estimate of drug-likeness (QED) is 0.419. The Morgan fingerprint density at radius 2 is 0.925 bits per heavy atom. The first-order valence-corrected chi connectivity index (χ1v) is 18.3. The Morgan fingerprint density at radius 1 is 0.450 bits per heavy atom. The molecule has 0 aromatic heterocycles. The van der Waals surface area contributed by atoms with Crippen LogP contribution in [-0.2, 0) is 0 Å². The zero-order valence-electron chi connectivity index (χ0n) is 25.1. The second-order valence-electron chi connectivity index (χ2n) is 16.1. The average molecular weight is 551 g/mol. The zero-order chi connectivity index (χ0) is 26.2. The fraction of sp³-hybridized carbons (Fsp3) is 1.00. The number of nitrogens with zero attached hydrogens (tertiary/aromatic N) is 2. The lowest BCUT2D eigenvalue weighted by Gasteiger charge is -2.50. The highest BCUT2D eigenvalue weighted by molar-refractivity contribution is 5.16. The Bertz CT molecular complexity index is 841. The van der Waals surface area contributed by atoms with Crippen LogP contribution < -0.4 is 21.3 Å². The maximum absolute atomic E-state index is 3.82. The minimum Gasteiger partial charge on any atom is -0.304 e. The van der Waals surface area contributed by atoms with Gasteiger partial charge < -0.3 is 21.3 Å². The highest BCUT2D eigenvalue weighted by Crippen LogP contribution is 2.61. The first-order chi connectivity index (χ1) is 19.8. The molecule has 0 radical (unpaired) electrons. The molecular formula is C34H58N6. The van der Waals surface area contributed by atoms with Crippen molar-refractivity contribution in [3.63, 3.8) is 0 Å². The molecule has 0 bridgehead atoms. The predicted molar refractivity (Wildman–Crippen MR) is 161 cm³/mol. The Labute approximate surface area is 243 Å². The molecular weight excluding hydrogens is 492 g/mol. The lowest BCUT2D eigenvalue weighted by atomic mass is 9.61. The third-order valence-corrected chi connectivity index (χ3v) is 14.7. The van der Waals surface area contributed by atoms with Gasteiger partial charge in [-0.15, -0.1) is 0 Å². The Kier molecular flexibility index (Phi) is 7.03. The molecule has 6 heteroatoms. The number of hydrogen-bond donors (Lipinski definition) is 4. The summed E-state index contributed by atoms with van der Waals surface area (Å²) in [4.78, 5) is 6.58. The Balaban J connectivity index is 1.01. The van der Waals surface area contributed by atoms with Crippen molar-refractivity contribution in [1.29, 1.82) is 0 Å². The smallest absolute Gasteiger partial charge is 0.0456 e. The first kappa shape index (κ1) is 26.2. The minimum atomic E-state index is 0.782. The van der Waals surface area contributed by atoms with Crippen LogP contribution in [0.4, 0.5) is 0 Å². The fourth-order valence-corrected chi connectivity index (χ4v) is 13.5. The van der Waals surface area contributed by atoms with E-state index in [9.17, 15) is 0 Å². The molecule has 4 aliphatic heterocycles. The average Bonchev–Trinajstić information content (AvgIpc) is 3.53. The third-order valence-electron chi connectivity index (χ3n) is 14.7. The summed E-state index contributed by atoms with van der Waals surface area (Å²) in [6, 6.07) is 6.94. The van der Waals surface area contributed by atoms with Gasteiger partial charge in [-0.3, -0.25) is 9.80 Å². The van der Waals surface area contributed by atoms with Crippen molar-refractivity contribution in [1.82, 2.24) is 31.1 Å². The summed E-state index contributed by atoms with van der Waals surface area (Å²) in [5.74, 6) is 5.75. The molecule has 4 heterocycles. The van der Waals surface area contributed by atoms with Crippen molar-refractivity contribution in [2.24, 2.45) is 35.5 Å².